The minimum Gasteiger partial charge on any atom is -0.378 e. The summed E-state index contributed by atoms with van der Waals surface area (Å²) in [6.07, 6.45) is 3.02. The quantitative estimate of drug-likeness (QED) is 0.664. The Labute approximate surface area is 73.4 Å². The fourth-order valence-corrected chi connectivity index (χ4v) is 1.38. The number of nitrogens with one attached hydrogen (secondary N) is 1. The van der Waals surface area contributed by atoms with E-state index in [0.717, 1.165) is 38.8 Å². The molecule has 0 aromatic carbocycles. The third-order valence-corrected chi connectivity index (χ3v) is 2.36. The highest BCUT2D eigenvalue weighted by molar-refractivity contribution is 4.73. The number of rotatable bonds is 4. The van der Waals surface area contributed by atoms with Gasteiger partial charge in [0.2, 0.25) is 0 Å². The molecule has 0 radical (unpaired) electrons. The Balaban J connectivity index is 1.52. The van der Waals surface area contributed by atoms with E-state index in [0.29, 0.717) is 0 Å². The van der Waals surface area contributed by atoms with Gasteiger partial charge in [0.05, 0.1) is 19.3 Å². The maximum Gasteiger partial charge on any atom is 0.0933 e. The third-order valence-electron chi connectivity index (χ3n) is 2.36. The first-order valence-electron chi connectivity index (χ1n) is 4.85. The molecular weight excluding hydrogens is 154 g/mol. The van der Waals surface area contributed by atoms with Crippen molar-refractivity contribution in [2.75, 3.05) is 32.9 Å². The summed E-state index contributed by atoms with van der Waals surface area (Å²) in [6.45, 7) is 4.48. The van der Waals surface area contributed by atoms with Gasteiger partial charge in [-0.15, -0.1) is 0 Å². The molecule has 1 aliphatic carbocycles. The van der Waals surface area contributed by atoms with E-state index in [2.05, 4.69) is 5.32 Å². The number of hydrogen-bond acceptors (Lipinski definition) is 3. The van der Waals surface area contributed by atoms with E-state index in [9.17, 15) is 0 Å². The van der Waals surface area contributed by atoms with Crippen LogP contribution in [0.25, 0.3) is 0 Å². The van der Waals surface area contributed by atoms with Crippen LogP contribution < -0.4 is 5.32 Å². The Bertz CT molecular complexity index is 130. The smallest absolute Gasteiger partial charge is 0.0933 e. The minimum absolute atomic E-state index is 0.289. The molecule has 0 amide bonds. The van der Waals surface area contributed by atoms with E-state index in [1.807, 2.05) is 0 Å². The average molecular weight is 171 g/mol. The standard InChI is InChI=1S/C9H17NO2/c1-2-8(1)6-11-7-9-5-10-3-4-12-9/h8-10H,1-7H2/t9-/m0/s1. The lowest BCUT2D eigenvalue weighted by Gasteiger charge is -2.23. The lowest BCUT2D eigenvalue weighted by Crippen LogP contribution is -2.41. The molecule has 1 atom stereocenters. The van der Waals surface area contributed by atoms with Gasteiger partial charge in [0, 0.05) is 19.7 Å². The summed E-state index contributed by atoms with van der Waals surface area (Å²) in [7, 11) is 0. The van der Waals surface area contributed by atoms with Gasteiger partial charge in [-0.2, -0.15) is 0 Å². The highest BCUT2D eigenvalue weighted by Crippen LogP contribution is 2.28. The van der Waals surface area contributed by atoms with Crippen LogP contribution >= 0.6 is 0 Å². The van der Waals surface area contributed by atoms with Crippen LogP contribution in [0.3, 0.4) is 0 Å². The first kappa shape index (κ1) is 8.48. The Morgan fingerprint density at radius 1 is 1.33 bits per heavy atom. The van der Waals surface area contributed by atoms with E-state index >= 15 is 0 Å². The minimum atomic E-state index is 0.289. The Hall–Kier alpha value is -0.120. The monoisotopic (exact) mass is 171 g/mol. The lowest BCUT2D eigenvalue weighted by atomic mass is 10.3. The molecule has 2 rings (SSSR count). The highest BCUT2D eigenvalue weighted by Gasteiger charge is 2.22. The van der Waals surface area contributed by atoms with Gasteiger partial charge >= 0.3 is 0 Å². The van der Waals surface area contributed by atoms with Crippen molar-refractivity contribution in [1.82, 2.24) is 5.32 Å². The van der Waals surface area contributed by atoms with Crippen LogP contribution in [0, 0.1) is 5.92 Å². The van der Waals surface area contributed by atoms with Crippen LogP contribution in [0.4, 0.5) is 0 Å². The van der Waals surface area contributed by atoms with Gasteiger partial charge in [0.1, 0.15) is 0 Å². The van der Waals surface area contributed by atoms with E-state index in [1.54, 1.807) is 0 Å². The first-order chi connectivity index (χ1) is 5.95. The van der Waals surface area contributed by atoms with Gasteiger partial charge < -0.3 is 14.8 Å². The largest absolute Gasteiger partial charge is 0.378 e. The molecule has 1 heterocycles. The lowest BCUT2D eigenvalue weighted by molar-refractivity contribution is -0.0333. The van der Waals surface area contributed by atoms with E-state index in [4.69, 9.17) is 9.47 Å². The maximum atomic E-state index is 5.53. The molecule has 2 aliphatic rings. The van der Waals surface area contributed by atoms with Crippen LogP contribution in [-0.4, -0.2) is 39.0 Å². The predicted octanol–water partition coefficient (Wildman–Crippen LogP) is 0.401. The van der Waals surface area contributed by atoms with Crippen LogP contribution in [0.1, 0.15) is 12.8 Å². The maximum absolute atomic E-state index is 5.53. The fraction of sp³-hybridized carbons (Fsp3) is 1.00. The Morgan fingerprint density at radius 3 is 2.92 bits per heavy atom. The molecule has 3 nitrogen and oxygen atoms in total. The SMILES string of the molecule is C1CO[C@H](COCC2CC2)CN1. The summed E-state index contributed by atoms with van der Waals surface area (Å²) < 4.78 is 11.0. The summed E-state index contributed by atoms with van der Waals surface area (Å²) >= 11 is 0. The van der Waals surface area contributed by atoms with Crippen molar-refractivity contribution in [3.05, 3.63) is 0 Å². The molecule has 0 aromatic rings. The zero-order valence-electron chi connectivity index (χ0n) is 7.42. The van der Waals surface area contributed by atoms with Crippen molar-refractivity contribution >= 4 is 0 Å². The summed E-state index contributed by atoms with van der Waals surface area (Å²) in [5.74, 6) is 0.863. The number of morpholine rings is 1. The van der Waals surface area contributed by atoms with Crippen molar-refractivity contribution in [2.24, 2.45) is 5.92 Å². The van der Waals surface area contributed by atoms with Gasteiger partial charge in [0.25, 0.3) is 0 Å². The second-order valence-corrected chi connectivity index (χ2v) is 3.68. The fourth-order valence-electron chi connectivity index (χ4n) is 1.38. The van der Waals surface area contributed by atoms with Crippen LogP contribution in [0.15, 0.2) is 0 Å². The molecule has 0 spiro atoms. The normalized spacial score (nSPS) is 30.5. The summed E-state index contributed by atoms with van der Waals surface area (Å²) in [5, 5.41) is 3.28. The first-order valence-corrected chi connectivity index (χ1v) is 4.85. The second-order valence-electron chi connectivity index (χ2n) is 3.68. The average Bonchev–Trinajstić information content (AvgIpc) is 2.90. The van der Waals surface area contributed by atoms with Gasteiger partial charge in [-0.05, 0) is 18.8 Å². The van der Waals surface area contributed by atoms with Gasteiger partial charge in [-0.25, -0.2) is 0 Å². The van der Waals surface area contributed by atoms with Crippen LogP contribution in [-0.2, 0) is 9.47 Å². The van der Waals surface area contributed by atoms with Crippen LogP contribution in [0.5, 0.6) is 0 Å². The third kappa shape index (κ3) is 2.73. The number of ether oxygens (including phenoxy) is 2. The molecule has 70 valence electrons. The summed E-state index contributed by atoms with van der Waals surface area (Å²) in [6, 6.07) is 0. The van der Waals surface area contributed by atoms with Gasteiger partial charge in [-0.1, -0.05) is 0 Å². The zero-order chi connectivity index (χ0) is 8.23. The topological polar surface area (TPSA) is 30.5 Å². The molecule has 1 saturated heterocycles. The molecule has 0 bridgehead atoms. The van der Waals surface area contributed by atoms with E-state index in [-0.39, 0.29) is 6.10 Å². The molecule has 0 aromatic heterocycles. The molecule has 2 fully saturated rings. The molecule has 1 saturated carbocycles. The molecule has 1 N–H and O–H groups in total. The van der Waals surface area contributed by atoms with Crippen molar-refractivity contribution in [1.29, 1.82) is 0 Å². The van der Waals surface area contributed by atoms with Gasteiger partial charge in [-0.3, -0.25) is 0 Å². The van der Waals surface area contributed by atoms with Crippen molar-refractivity contribution in [3.63, 3.8) is 0 Å². The molecule has 12 heavy (non-hydrogen) atoms. The summed E-state index contributed by atoms with van der Waals surface area (Å²) in [5.41, 5.74) is 0. The van der Waals surface area contributed by atoms with Crippen molar-refractivity contribution in [3.8, 4) is 0 Å². The molecular formula is C9H17NO2. The summed E-state index contributed by atoms with van der Waals surface area (Å²) in [4.78, 5) is 0. The second kappa shape index (κ2) is 4.21. The van der Waals surface area contributed by atoms with E-state index in [1.165, 1.54) is 12.8 Å². The molecule has 3 heteroatoms. The predicted molar refractivity (Wildman–Crippen MR) is 46.2 cm³/mol. The van der Waals surface area contributed by atoms with E-state index < -0.39 is 0 Å². The van der Waals surface area contributed by atoms with Gasteiger partial charge in [0.15, 0.2) is 0 Å². The zero-order valence-corrected chi connectivity index (χ0v) is 7.42. The van der Waals surface area contributed by atoms with Crippen molar-refractivity contribution < 1.29 is 9.47 Å². The molecule has 1 aliphatic heterocycles. The Morgan fingerprint density at radius 2 is 2.25 bits per heavy atom. The number of hydrogen-bond donors (Lipinski definition) is 1. The molecule has 0 unspecified atom stereocenters. The highest BCUT2D eigenvalue weighted by atomic mass is 16.5. The van der Waals surface area contributed by atoms with Crippen LogP contribution in [0.2, 0.25) is 0 Å². The van der Waals surface area contributed by atoms with Crippen molar-refractivity contribution in [2.45, 2.75) is 18.9 Å². The Kier molecular flexibility index (Phi) is 2.98.